The molecule has 0 saturated carbocycles. The highest BCUT2D eigenvalue weighted by atomic mass is 19.1. The Hall–Kier alpha value is -2.75. The van der Waals surface area contributed by atoms with E-state index in [9.17, 15) is 4.39 Å². The molecule has 3 aromatic rings. The summed E-state index contributed by atoms with van der Waals surface area (Å²) in [7, 11) is 0. The van der Waals surface area contributed by atoms with Crippen molar-refractivity contribution in [3.8, 4) is 0 Å². The van der Waals surface area contributed by atoms with Gasteiger partial charge in [0.1, 0.15) is 12.4 Å². The lowest BCUT2D eigenvalue weighted by molar-refractivity contribution is 0.133. The smallest absolute Gasteiger partial charge is 0.144 e. The number of para-hydroxylation sites is 1. The minimum atomic E-state index is -0.269. The molecule has 0 aliphatic rings. The van der Waals surface area contributed by atoms with Gasteiger partial charge in [0.15, 0.2) is 0 Å². The van der Waals surface area contributed by atoms with Crippen LogP contribution in [0.2, 0.25) is 0 Å². The minimum Gasteiger partial charge on any atom is -0.391 e. The van der Waals surface area contributed by atoms with Gasteiger partial charge in [-0.3, -0.25) is 4.98 Å². The van der Waals surface area contributed by atoms with Gasteiger partial charge in [-0.05, 0) is 23.8 Å². The molecule has 0 aliphatic heterocycles. The Morgan fingerprint density at radius 3 is 2.71 bits per heavy atom. The summed E-state index contributed by atoms with van der Waals surface area (Å²) in [5, 5.41) is 4.97. The molecule has 104 valence electrons. The topological polar surface area (TPSA) is 34.5 Å². The summed E-state index contributed by atoms with van der Waals surface area (Å²) in [4.78, 5) is 9.65. The summed E-state index contributed by atoms with van der Waals surface area (Å²) in [5.74, 6) is -0.269. The van der Waals surface area contributed by atoms with E-state index in [1.54, 1.807) is 24.5 Å². The molecule has 0 bridgehead atoms. The number of nitrogens with zero attached hydrogens (tertiary/aromatic N) is 2. The average Bonchev–Trinajstić information content (AvgIpc) is 2.53. The summed E-state index contributed by atoms with van der Waals surface area (Å²) in [6.45, 7) is 0.339. The predicted molar refractivity (Wildman–Crippen MR) is 80.5 cm³/mol. The number of hydrogen-bond acceptors (Lipinski definition) is 3. The second kappa shape index (κ2) is 6.13. The van der Waals surface area contributed by atoms with Crippen LogP contribution in [0.15, 0.2) is 65.9 Å². The Bertz CT molecular complexity index is 764. The fourth-order valence-electron chi connectivity index (χ4n) is 2.04. The summed E-state index contributed by atoms with van der Waals surface area (Å²) < 4.78 is 12.8. The maximum absolute atomic E-state index is 12.8. The molecule has 0 unspecified atom stereocenters. The number of fused-ring (bicyclic) bond motifs is 1. The van der Waals surface area contributed by atoms with Crippen molar-refractivity contribution in [3.05, 3.63) is 77.7 Å². The maximum Gasteiger partial charge on any atom is 0.144 e. The zero-order chi connectivity index (χ0) is 14.5. The van der Waals surface area contributed by atoms with Crippen LogP contribution in [-0.2, 0) is 11.4 Å². The predicted octanol–water partition coefficient (Wildman–Crippen LogP) is 3.92. The van der Waals surface area contributed by atoms with Gasteiger partial charge in [0.2, 0.25) is 0 Å². The van der Waals surface area contributed by atoms with Crippen molar-refractivity contribution in [2.75, 3.05) is 0 Å². The van der Waals surface area contributed by atoms with Crippen molar-refractivity contribution in [2.45, 2.75) is 6.61 Å². The van der Waals surface area contributed by atoms with Gasteiger partial charge in [0, 0.05) is 17.1 Å². The third-order valence-corrected chi connectivity index (χ3v) is 3.08. The standard InChI is InChI=1S/C17H13FN2O/c18-16-8-6-13(7-9-16)11-20-21-12-15-4-1-3-14-5-2-10-19-17(14)15/h1-11H,12H2/b20-11+. The molecule has 0 saturated heterocycles. The molecule has 4 heteroatoms. The van der Waals surface area contributed by atoms with Crippen molar-refractivity contribution in [1.29, 1.82) is 0 Å². The van der Waals surface area contributed by atoms with Gasteiger partial charge in [0.25, 0.3) is 0 Å². The molecule has 0 atom stereocenters. The molecule has 0 fully saturated rings. The third-order valence-electron chi connectivity index (χ3n) is 3.08. The molecule has 3 rings (SSSR count). The first-order valence-electron chi connectivity index (χ1n) is 6.56. The highest BCUT2D eigenvalue weighted by Crippen LogP contribution is 2.16. The Morgan fingerprint density at radius 2 is 1.86 bits per heavy atom. The first-order chi connectivity index (χ1) is 10.3. The number of pyridine rings is 1. The molecule has 1 heterocycles. The van der Waals surface area contributed by atoms with E-state index in [0.29, 0.717) is 6.61 Å². The summed E-state index contributed by atoms with van der Waals surface area (Å²) in [6, 6.07) is 15.9. The molecule has 0 N–H and O–H groups in total. The fraction of sp³-hybridized carbons (Fsp3) is 0.0588. The lowest BCUT2D eigenvalue weighted by Crippen LogP contribution is -1.91. The second-order valence-corrected chi connectivity index (χ2v) is 4.55. The molecule has 0 radical (unpaired) electrons. The summed E-state index contributed by atoms with van der Waals surface area (Å²) >= 11 is 0. The van der Waals surface area contributed by atoms with Crippen LogP contribution < -0.4 is 0 Å². The monoisotopic (exact) mass is 280 g/mol. The Labute approximate surface area is 121 Å². The zero-order valence-electron chi connectivity index (χ0n) is 11.2. The van der Waals surface area contributed by atoms with E-state index in [1.807, 2.05) is 30.3 Å². The van der Waals surface area contributed by atoms with Crippen LogP contribution in [0.1, 0.15) is 11.1 Å². The van der Waals surface area contributed by atoms with Crippen LogP contribution in [0.5, 0.6) is 0 Å². The van der Waals surface area contributed by atoms with Crippen LogP contribution in [0.25, 0.3) is 10.9 Å². The normalized spacial score (nSPS) is 11.1. The van der Waals surface area contributed by atoms with E-state index in [4.69, 9.17) is 4.84 Å². The molecular weight excluding hydrogens is 267 g/mol. The summed E-state index contributed by atoms with van der Waals surface area (Å²) in [6.07, 6.45) is 3.31. The fourth-order valence-corrected chi connectivity index (χ4v) is 2.04. The van der Waals surface area contributed by atoms with Crippen LogP contribution in [0, 0.1) is 5.82 Å². The molecule has 1 aromatic heterocycles. The number of benzene rings is 2. The van der Waals surface area contributed by atoms with Gasteiger partial charge in [0.05, 0.1) is 11.7 Å². The highest BCUT2D eigenvalue weighted by Gasteiger charge is 2.01. The Morgan fingerprint density at radius 1 is 1.05 bits per heavy atom. The number of halogens is 1. The highest BCUT2D eigenvalue weighted by molar-refractivity contribution is 5.81. The van der Waals surface area contributed by atoms with Gasteiger partial charge >= 0.3 is 0 Å². The van der Waals surface area contributed by atoms with Crippen molar-refractivity contribution < 1.29 is 9.23 Å². The molecule has 21 heavy (non-hydrogen) atoms. The number of oxime groups is 1. The van der Waals surface area contributed by atoms with E-state index in [2.05, 4.69) is 10.1 Å². The first kappa shape index (κ1) is 13.2. The average molecular weight is 280 g/mol. The largest absolute Gasteiger partial charge is 0.391 e. The second-order valence-electron chi connectivity index (χ2n) is 4.55. The molecule has 0 aliphatic carbocycles. The van der Waals surface area contributed by atoms with Crippen LogP contribution in [0.3, 0.4) is 0 Å². The minimum absolute atomic E-state index is 0.269. The quantitative estimate of drug-likeness (QED) is 0.536. The van der Waals surface area contributed by atoms with E-state index in [-0.39, 0.29) is 5.82 Å². The Balaban J connectivity index is 1.68. The van der Waals surface area contributed by atoms with E-state index < -0.39 is 0 Å². The Kier molecular flexibility index (Phi) is 3.87. The molecule has 3 nitrogen and oxygen atoms in total. The van der Waals surface area contributed by atoms with Gasteiger partial charge in [-0.25, -0.2) is 4.39 Å². The first-order valence-corrected chi connectivity index (χ1v) is 6.56. The SMILES string of the molecule is Fc1ccc(/C=N/OCc2cccc3cccnc23)cc1. The summed E-state index contributed by atoms with van der Waals surface area (Å²) in [5.41, 5.74) is 2.67. The zero-order valence-corrected chi connectivity index (χ0v) is 11.2. The lowest BCUT2D eigenvalue weighted by atomic mass is 10.1. The van der Waals surface area contributed by atoms with Gasteiger partial charge in [-0.2, -0.15) is 0 Å². The number of aromatic nitrogens is 1. The van der Waals surface area contributed by atoms with Gasteiger partial charge in [-0.1, -0.05) is 41.6 Å². The van der Waals surface area contributed by atoms with E-state index in [1.165, 1.54) is 12.1 Å². The van der Waals surface area contributed by atoms with E-state index >= 15 is 0 Å². The molecule has 0 spiro atoms. The van der Waals surface area contributed by atoms with Crippen LogP contribution >= 0.6 is 0 Å². The van der Waals surface area contributed by atoms with Gasteiger partial charge < -0.3 is 4.84 Å². The molecule has 2 aromatic carbocycles. The van der Waals surface area contributed by atoms with Gasteiger partial charge in [-0.15, -0.1) is 0 Å². The lowest BCUT2D eigenvalue weighted by Gasteiger charge is -2.04. The van der Waals surface area contributed by atoms with Crippen LogP contribution in [-0.4, -0.2) is 11.2 Å². The number of rotatable bonds is 4. The van der Waals surface area contributed by atoms with E-state index in [0.717, 1.165) is 22.0 Å². The molecular formula is C17H13FN2O. The van der Waals surface area contributed by atoms with Crippen molar-refractivity contribution in [2.24, 2.45) is 5.16 Å². The van der Waals surface area contributed by atoms with Crippen molar-refractivity contribution in [3.63, 3.8) is 0 Å². The maximum atomic E-state index is 12.8. The van der Waals surface area contributed by atoms with Crippen molar-refractivity contribution >= 4 is 17.1 Å². The third kappa shape index (κ3) is 3.23. The van der Waals surface area contributed by atoms with Crippen molar-refractivity contribution in [1.82, 2.24) is 4.98 Å². The van der Waals surface area contributed by atoms with Crippen LogP contribution in [0.4, 0.5) is 4.39 Å². The number of hydrogen-bond donors (Lipinski definition) is 0. The molecule has 0 amide bonds.